The summed E-state index contributed by atoms with van der Waals surface area (Å²) in [5.74, 6) is -0.618. The summed E-state index contributed by atoms with van der Waals surface area (Å²) < 4.78 is 13.6. The number of anilines is 1. The summed E-state index contributed by atoms with van der Waals surface area (Å²) in [6, 6.07) is 8.12. The van der Waals surface area contributed by atoms with E-state index in [1.54, 1.807) is 18.2 Å². The van der Waals surface area contributed by atoms with Crippen molar-refractivity contribution < 1.29 is 14.1 Å². The molecule has 0 heterocycles. The van der Waals surface area contributed by atoms with Crippen molar-refractivity contribution in [1.29, 1.82) is 0 Å². The fourth-order valence-corrected chi connectivity index (χ4v) is 2.90. The summed E-state index contributed by atoms with van der Waals surface area (Å²) in [4.78, 5) is 21.9. The van der Waals surface area contributed by atoms with Crippen molar-refractivity contribution in [3.63, 3.8) is 0 Å². The Hall–Kier alpha value is -1.83. The van der Waals surface area contributed by atoms with Crippen molar-refractivity contribution in [3.8, 4) is 0 Å². The topological polar surface area (TPSA) is 72.2 Å². The number of carbonyl (C=O) groups is 1. The third kappa shape index (κ3) is 5.09. The van der Waals surface area contributed by atoms with Gasteiger partial charge in [0.2, 0.25) is 5.91 Å². The molecule has 0 atom stereocenters. The van der Waals surface area contributed by atoms with Gasteiger partial charge < -0.3 is 5.32 Å². The van der Waals surface area contributed by atoms with Crippen LogP contribution in [0.3, 0.4) is 0 Å². The molecule has 0 bridgehead atoms. The SMILES string of the molecule is O=C(CSCc1ccc(Cl)c(Cl)c1)Nc1cc([N+](=O)[O-])ccc1F. The molecule has 0 aromatic heterocycles. The lowest BCUT2D eigenvalue weighted by atomic mass is 10.2. The predicted octanol–water partition coefficient (Wildman–Crippen LogP) is 4.91. The molecule has 1 amide bonds. The molecule has 1 N–H and O–H groups in total. The molecule has 0 spiro atoms. The van der Waals surface area contributed by atoms with Gasteiger partial charge in [-0.25, -0.2) is 4.39 Å². The van der Waals surface area contributed by atoms with Gasteiger partial charge >= 0.3 is 0 Å². The molecule has 2 aromatic carbocycles. The first kappa shape index (κ1) is 18.5. The third-order valence-electron chi connectivity index (χ3n) is 2.92. The second-order valence-electron chi connectivity index (χ2n) is 4.71. The molecule has 0 aliphatic carbocycles. The van der Waals surface area contributed by atoms with E-state index in [0.29, 0.717) is 15.8 Å². The summed E-state index contributed by atoms with van der Waals surface area (Å²) in [5, 5.41) is 13.9. The van der Waals surface area contributed by atoms with Crippen LogP contribution in [0.4, 0.5) is 15.8 Å². The van der Waals surface area contributed by atoms with Crippen LogP contribution in [0.2, 0.25) is 10.0 Å². The number of nitrogens with one attached hydrogen (secondary N) is 1. The Kier molecular flexibility index (Phi) is 6.42. The van der Waals surface area contributed by atoms with Crippen LogP contribution < -0.4 is 5.32 Å². The first-order valence-electron chi connectivity index (χ1n) is 6.62. The number of rotatable bonds is 6. The van der Waals surface area contributed by atoms with Crippen molar-refractivity contribution >= 4 is 52.2 Å². The van der Waals surface area contributed by atoms with E-state index >= 15 is 0 Å². The van der Waals surface area contributed by atoms with Crippen LogP contribution >= 0.6 is 35.0 Å². The minimum atomic E-state index is -0.733. The smallest absolute Gasteiger partial charge is 0.271 e. The average molecular weight is 389 g/mol. The van der Waals surface area contributed by atoms with Crippen molar-refractivity contribution in [2.45, 2.75) is 5.75 Å². The molecule has 2 aromatic rings. The summed E-state index contributed by atoms with van der Waals surface area (Å²) in [6.45, 7) is 0. The molecule has 5 nitrogen and oxygen atoms in total. The Morgan fingerprint density at radius 1 is 1.21 bits per heavy atom. The molecule has 9 heteroatoms. The van der Waals surface area contributed by atoms with Gasteiger partial charge in [0, 0.05) is 17.9 Å². The molecule has 126 valence electrons. The van der Waals surface area contributed by atoms with Crippen LogP contribution in [0.5, 0.6) is 0 Å². The lowest BCUT2D eigenvalue weighted by Crippen LogP contribution is -2.15. The molecule has 0 unspecified atom stereocenters. The summed E-state index contributed by atoms with van der Waals surface area (Å²) in [6.07, 6.45) is 0. The maximum absolute atomic E-state index is 13.6. The highest BCUT2D eigenvalue weighted by molar-refractivity contribution is 7.99. The molecule has 0 aliphatic heterocycles. The number of amides is 1. The van der Waals surface area contributed by atoms with E-state index in [1.165, 1.54) is 11.8 Å². The van der Waals surface area contributed by atoms with Gasteiger partial charge in [0.05, 0.1) is 26.4 Å². The van der Waals surface area contributed by atoms with Gasteiger partial charge in [-0.3, -0.25) is 14.9 Å². The average Bonchev–Trinajstić information content (AvgIpc) is 2.52. The highest BCUT2D eigenvalue weighted by atomic mass is 35.5. The molecule has 2 rings (SSSR count). The van der Waals surface area contributed by atoms with Crippen molar-refractivity contribution in [1.82, 2.24) is 0 Å². The summed E-state index contributed by atoms with van der Waals surface area (Å²) in [7, 11) is 0. The largest absolute Gasteiger partial charge is 0.323 e. The van der Waals surface area contributed by atoms with E-state index in [1.807, 2.05) is 0 Å². The van der Waals surface area contributed by atoms with Gasteiger partial charge in [0.25, 0.3) is 5.69 Å². The Morgan fingerprint density at radius 2 is 1.96 bits per heavy atom. The van der Waals surface area contributed by atoms with E-state index in [9.17, 15) is 19.3 Å². The highest BCUT2D eigenvalue weighted by Crippen LogP contribution is 2.25. The minimum absolute atomic E-state index is 0.0579. The number of nitro groups is 1. The van der Waals surface area contributed by atoms with Gasteiger partial charge in [-0.15, -0.1) is 11.8 Å². The summed E-state index contributed by atoms with van der Waals surface area (Å²) >= 11 is 13.0. The van der Waals surface area contributed by atoms with Crippen molar-refractivity contribution in [3.05, 3.63) is 67.9 Å². The second-order valence-corrected chi connectivity index (χ2v) is 6.51. The number of hydrogen-bond donors (Lipinski definition) is 1. The molecule has 0 fully saturated rings. The third-order valence-corrected chi connectivity index (χ3v) is 4.66. The number of halogens is 3. The Bertz CT molecular complexity index is 789. The lowest BCUT2D eigenvalue weighted by molar-refractivity contribution is -0.384. The fourth-order valence-electron chi connectivity index (χ4n) is 1.80. The fraction of sp³-hybridized carbons (Fsp3) is 0.133. The van der Waals surface area contributed by atoms with E-state index in [0.717, 1.165) is 23.8 Å². The monoisotopic (exact) mass is 388 g/mol. The second kappa shape index (κ2) is 8.32. The number of nitrogens with zero attached hydrogens (tertiary/aromatic N) is 1. The van der Waals surface area contributed by atoms with E-state index < -0.39 is 16.6 Å². The first-order valence-corrected chi connectivity index (χ1v) is 8.53. The Balaban J connectivity index is 1.90. The highest BCUT2D eigenvalue weighted by Gasteiger charge is 2.13. The standard InChI is InChI=1S/C15H11Cl2FN2O3S/c16-11-3-1-9(5-12(11)17)7-24-8-15(21)19-14-6-10(20(22)23)2-4-13(14)18/h1-6H,7-8H2,(H,19,21). The molecular weight excluding hydrogens is 378 g/mol. The maximum Gasteiger partial charge on any atom is 0.271 e. The number of benzene rings is 2. The molecule has 0 aliphatic rings. The van der Waals surface area contributed by atoms with Crippen LogP contribution in [-0.4, -0.2) is 16.6 Å². The molecule has 0 radical (unpaired) electrons. The zero-order chi connectivity index (χ0) is 17.7. The zero-order valence-corrected chi connectivity index (χ0v) is 14.4. The Morgan fingerprint density at radius 3 is 2.62 bits per heavy atom. The van der Waals surface area contributed by atoms with Gasteiger partial charge in [-0.1, -0.05) is 29.3 Å². The molecule has 0 saturated carbocycles. The maximum atomic E-state index is 13.6. The van der Waals surface area contributed by atoms with Crippen LogP contribution in [0.25, 0.3) is 0 Å². The quantitative estimate of drug-likeness (QED) is 0.563. The van der Waals surface area contributed by atoms with E-state index in [-0.39, 0.29) is 17.1 Å². The number of carbonyl (C=O) groups excluding carboxylic acids is 1. The normalized spacial score (nSPS) is 10.5. The van der Waals surface area contributed by atoms with Crippen LogP contribution in [0.15, 0.2) is 36.4 Å². The van der Waals surface area contributed by atoms with E-state index in [4.69, 9.17) is 23.2 Å². The van der Waals surface area contributed by atoms with Crippen molar-refractivity contribution in [2.75, 3.05) is 11.1 Å². The number of non-ortho nitro benzene ring substituents is 1. The molecule has 24 heavy (non-hydrogen) atoms. The van der Waals surface area contributed by atoms with Crippen LogP contribution in [0.1, 0.15) is 5.56 Å². The van der Waals surface area contributed by atoms with Gasteiger partial charge in [0.15, 0.2) is 0 Å². The minimum Gasteiger partial charge on any atom is -0.323 e. The predicted molar refractivity (Wildman–Crippen MR) is 94.3 cm³/mol. The van der Waals surface area contributed by atoms with Crippen LogP contribution in [0, 0.1) is 15.9 Å². The number of nitro benzene ring substituents is 1. The van der Waals surface area contributed by atoms with Crippen molar-refractivity contribution in [2.24, 2.45) is 0 Å². The number of thioether (sulfide) groups is 1. The molecule has 0 saturated heterocycles. The lowest BCUT2D eigenvalue weighted by Gasteiger charge is -2.07. The molecular formula is C15H11Cl2FN2O3S. The number of hydrogen-bond acceptors (Lipinski definition) is 4. The van der Waals surface area contributed by atoms with Gasteiger partial charge in [-0.2, -0.15) is 0 Å². The van der Waals surface area contributed by atoms with Gasteiger partial charge in [-0.05, 0) is 23.8 Å². The zero-order valence-electron chi connectivity index (χ0n) is 12.1. The van der Waals surface area contributed by atoms with E-state index in [2.05, 4.69) is 5.32 Å². The van der Waals surface area contributed by atoms with Gasteiger partial charge in [0.1, 0.15) is 5.82 Å². The first-order chi connectivity index (χ1) is 11.4. The van der Waals surface area contributed by atoms with Crippen LogP contribution in [-0.2, 0) is 10.5 Å². The summed E-state index contributed by atoms with van der Waals surface area (Å²) in [5.41, 5.74) is 0.378. The Labute approximate surface area is 151 Å².